The van der Waals surface area contributed by atoms with Gasteiger partial charge in [0.2, 0.25) is 0 Å². The molecule has 226 valence electrons. The fraction of sp³-hybridized carbons (Fsp3) is 0.385. The molecule has 2 radical (unpaired) electrons. The zero-order valence-electron chi connectivity index (χ0n) is 23.3. The number of benzene rings is 2. The molecule has 0 fully saturated rings. The van der Waals surface area contributed by atoms with Gasteiger partial charge >= 0.3 is 34.1 Å². The standard InChI is InChI=1S/2C13H19N3O2S.2Cu/c2*1-4-16(5-2)13(19)15-14-9-10-8-11(18-3)6-7-12(10)17;;/h2*6-9H,4-5H2,1-3H3,(H2,14,15,17,19);;/q;;2*+2/p-2. The number of nitrogens with zero attached hydrogens (tertiary/aromatic N) is 6. The molecule has 0 aliphatic rings. The smallest absolute Gasteiger partial charge is 0.872 e. The Labute approximate surface area is 269 Å². The summed E-state index contributed by atoms with van der Waals surface area (Å²) >= 11 is 8.51. The van der Waals surface area contributed by atoms with Crippen molar-refractivity contribution in [2.45, 2.75) is 27.7 Å². The summed E-state index contributed by atoms with van der Waals surface area (Å²) in [5.41, 5.74) is 8.78. The summed E-state index contributed by atoms with van der Waals surface area (Å²) in [6.45, 7) is 11.3. The van der Waals surface area contributed by atoms with Gasteiger partial charge in [-0.05, 0) is 35.4 Å². The van der Waals surface area contributed by atoms with Crippen molar-refractivity contribution in [1.82, 2.24) is 9.80 Å². The van der Waals surface area contributed by atoms with E-state index in [1.165, 1.54) is 24.6 Å². The summed E-state index contributed by atoms with van der Waals surface area (Å²) in [6, 6.07) is 9.35. The van der Waals surface area contributed by atoms with Crippen LogP contribution in [-0.4, -0.2) is 72.9 Å². The van der Waals surface area contributed by atoms with E-state index in [0.717, 1.165) is 26.2 Å². The molecule has 2 aromatic rings. The van der Waals surface area contributed by atoms with Crippen LogP contribution in [0.15, 0.2) is 46.6 Å². The van der Waals surface area contributed by atoms with Crippen LogP contribution in [0.5, 0.6) is 23.0 Å². The Morgan fingerprint density at radius 2 is 1.05 bits per heavy atom. The van der Waals surface area contributed by atoms with Crippen LogP contribution in [-0.2, 0) is 58.6 Å². The largest absolute Gasteiger partial charge is 2.00 e. The summed E-state index contributed by atoms with van der Waals surface area (Å²) in [7, 11) is 3.09. The Morgan fingerprint density at radius 3 is 1.32 bits per heavy atom. The molecule has 40 heavy (non-hydrogen) atoms. The van der Waals surface area contributed by atoms with Crippen molar-refractivity contribution in [2.75, 3.05) is 40.4 Å². The van der Waals surface area contributed by atoms with Crippen LogP contribution in [0.3, 0.4) is 0 Å². The zero-order chi connectivity index (χ0) is 28.5. The van der Waals surface area contributed by atoms with Gasteiger partial charge in [-0.25, -0.2) is 9.80 Å². The molecule has 0 N–H and O–H groups in total. The van der Waals surface area contributed by atoms with E-state index in [0.29, 0.717) is 32.9 Å². The van der Waals surface area contributed by atoms with Gasteiger partial charge in [-0.2, -0.15) is 0 Å². The first-order valence-electron chi connectivity index (χ1n) is 12.0. The summed E-state index contributed by atoms with van der Waals surface area (Å²) in [4.78, 5) is 3.90. The van der Waals surface area contributed by atoms with Gasteiger partial charge in [-0.3, -0.25) is 0 Å². The molecular formula is C26H36Cu2N6O4S2+2. The van der Waals surface area contributed by atoms with Crippen molar-refractivity contribution in [1.29, 1.82) is 0 Å². The average Bonchev–Trinajstić information content (AvgIpc) is 2.92. The molecule has 0 heterocycles. The van der Waals surface area contributed by atoms with Crippen LogP contribution in [0.2, 0.25) is 0 Å². The zero-order valence-corrected chi connectivity index (χ0v) is 26.9. The molecule has 2 aromatic carbocycles. The van der Waals surface area contributed by atoms with E-state index in [-0.39, 0.29) is 45.6 Å². The van der Waals surface area contributed by atoms with E-state index in [1.54, 1.807) is 38.5 Å². The Balaban J connectivity index is 0. The molecule has 0 atom stereocenters. The maximum atomic E-state index is 11.6. The minimum Gasteiger partial charge on any atom is -0.872 e. The molecule has 0 bridgehead atoms. The second kappa shape index (κ2) is 22.4. The Hall–Kier alpha value is -2.28. The molecule has 2 rings (SSSR count). The van der Waals surface area contributed by atoms with Gasteiger partial charge in [-0.1, -0.05) is 51.3 Å². The fourth-order valence-corrected chi connectivity index (χ4v) is 3.60. The number of ether oxygens (including phenoxy) is 2. The molecule has 0 amide bonds. The third-order valence-corrected chi connectivity index (χ3v) is 5.96. The molecule has 10 nitrogen and oxygen atoms in total. The van der Waals surface area contributed by atoms with Gasteiger partial charge < -0.3 is 40.7 Å². The SMILES string of the molecule is CCN(CC)C(=[SH+])[N-]N=Cc1cc(OC)ccc1[O-].CCN(CC)C(=[SH+])[N-]N=Cc1cc(OC)ccc1[O-].[Cu+2].[Cu+2]. The fourth-order valence-electron chi connectivity index (χ4n) is 2.93. The third-order valence-electron chi connectivity index (χ3n) is 5.21. The van der Waals surface area contributed by atoms with E-state index in [2.05, 4.69) is 45.5 Å². The molecule has 0 saturated carbocycles. The van der Waals surface area contributed by atoms with E-state index in [1.807, 2.05) is 37.5 Å². The number of thiol groups is 2. The molecule has 0 unspecified atom stereocenters. The molecule has 0 aliphatic heterocycles. The second-order valence-corrected chi connectivity index (χ2v) is 8.24. The maximum Gasteiger partial charge on any atom is 2.00 e. The number of hydrogen-bond acceptors (Lipinski definition) is 6. The van der Waals surface area contributed by atoms with Gasteiger partial charge in [0.15, 0.2) is 34.7 Å². The molecule has 0 aromatic heterocycles. The first-order valence-corrected chi connectivity index (χ1v) is 12.9. The molecule has 0 aliphatic carbocycles. The van der Waals surface area contributed by atoms with Crippen molar-refractivity contribution >= 4 is 47.1 Å². The molecule has 14 heteroatoms. The number of rotatable bonds is 10. The Kier molecular flexibility index (Phi) is 22.3. The van der Waals surface area contributed by atoms with Crippen LogP contribution in [0.1, 0.15) is 38.8 Å². The van der Waals surface area contributed by atoms with Crippen molar-refractivity contribution in [3.63, 3.8) is 0 Å². The predicted molar refractivity (Wildman–Crippen MR) is 160 cm³/mol. The normalized spacial score (nSPS) is 10.4. The van der Waals surface area contributed by atoms with Crippen LogP contribution < -0.4 is 19.7 Å². The van der Waals surface area contributed by atoms with E-state index >= 15 is 0 Å². The first-order chi connectivity index (χ1) is 18.2. The second-order valence-electron chi connectivity index (χ2n) is 7.44. The minimum absolute atomic E-state index is 0. The van der Waals surface area contributed by atoms with Crippen molar-refractivity contribution in [3.05, 3.63) is 58.4 Å². The monoisotopic (exact) mass is 686 g/mol. The van der Waals surface area contributed by atoms with Gasteiger partial charge in [0, 0.05) is 38.6 Å². The first kappa shape index (κ1) is 39.9. The van der Waals surface area contributed by atoms with E-state index in [9.17, 15) is 10.2 Å². The topological polar surface area (TPSA) is 124 Å². The van der Waals surface area contributed by atoms with Crippen molar-refractivity contribution < 1.29 is 53.8 Å². The predicted octanol–water partition coefficient (Wildman–Crippen LogP) is 2.36. The summed E-state index contributed by atoms with van der Waals surface area (Å²) in [5.74, 6) is 0.978. The molecule has 0 spiro atoms. The van der Waals surface area contributed by atoms with E-state index in [4.69, 9.17) is 9.47 Å². The van der Waals surface area contributed by atoms with Gasteiger partial charge in [0.1, 0.15) is 11.5 Å². The molecule has 0 saturated heterocycles. The maximum absolute atomic E-state index is 11.6. The minimum atomic E-state index is -0.122. The van der Waals surface area contributed by atoms with Crippen LogP contribution in [0.25, 0.3) is 10.9 Å². The van der Waals surface area contributed by atoms with Gasteiger partial charge in [0.25, 0.3) is 0 Å². The van der Waals surface area contributed by atoms with Gasteiger partial charge in [-0.15, -0.1) is 0 Å². The summed E-state index contributed by atoms with van der Waals surface area (Å²) < 4.78 is 10.1. The van der Waals surface area contributed by atoms with Crippen LogP contribution in [0.4, 0.5) is 0 Å². The average molecular weight is 688 g/mol. The Bertz CT molecular complexity index is 1020. The van der Waals surface area contributed by atoms with Gasteiger partial charge in [0.05, 0.1) is 14.2 Å². The van der Waals surface area contributed by atoms with Crippen LogP contribution >= 0.6 is 0 Å². The molecular weight excluding hydrogens is 652 g/mol. The van der Waals surface area contributed by atoms with Crippen molar-refractivity contribution in [2.24, 2.45) is 10.2 Å². The summed E-state index contributed by atoms with van der Waals surface area (Å²) in [5, 5.41) is 32.0. The summed E-state index contributed by atoms with van der Waals surface area (Å²) in [6.07, 6.45) is 2.81. The van der Waals surface area contributed by atoms with Crippen LogP contribution in [0, 0.1) is 0 Å². The Morgan fingerprint density at radius 1 is 0.725 bits per heavy atom. The van der Waals surface area contributed by atoms with Crippen molar-refractivity contribution in [3.8, 4) is 23.0 Å². The number of methoxy groups -OCH3 is 2. The number of hydrogen-bond donors (Lipinski definition) is 0. The third kappa shape index (κ3) is 13.9. The quantitative estimate of drug-likeness (QED) is 0.0944. The van der Waals surface area contributed by atoms with E-state index < -0.39 is 0 Å².